The van der Waals surface area contributed by atoms with E-state index < -0.39 is 6.10 Å². The largest absolute Gasteiger partial charge is 0.380 e. The molecule has 0 aliphatic carbocycles. The summed E-state index contributed by atoms with van der Waals surface area (Å²) in [5.41, 5.74) is 3.27. The molecule has 0 spiro atoms. The average molecular weight is 329 g/mol. The van der Waals surface area contributed by atoms with E-state index in [9.17, 15) is 5.11 Å². The first-order valence-electron chi connectivity index (χ1n) is 7.82. The lowest BCUT2D eigenvalue weighted by Crippen LogP contribution is -2.04. The van der Waals surface area contributed by atoms with Crippen LogP contribution in [0.25, 0.3) is 22.6 Å². The number of aliphatic hydroxyl groups is 1. The van der Waals surface area contributed by atoms with Gasteiger partial charge in [0, 0.05) is 35.9 Å². The van der Waals surface area contributed by atoms with Crippen molar-refractivity contribution in [2.45, 2.75) is 6.10 Å². The molecule has 6 nitrogen and oxygen atoms in total. The van der Waals surface area contributed by atoms with Gasteiger partial charge in [0.2, 0.25) is 0 Å². The van der Waals surface area contributed by atoms with Gasteiger partial charge in [0.25, 0.3) is 0 Å². The van der Waals surface area contributed by atoms with Crippen LogP contribution >= 0.6 is 0 Å². The fourth-order valence-corrected chi connectivity index (χ4v) is 2.52. The highest BCUT2D eigenvalue weighted by Crippen LogP contribution is 2.22. The van der Waals surface area contributed by atoms with Gasteiger partial charge in [0.1, 0.15) is 11.9 Å². The molecule has 0 saturated carbocycles. The van der Waals surface area contributed by atoms with Crippen molar-refractivity contribution in [1.82, 2.24) is 24.9 Å². The van der Waals surface area contributed by atoms with Crippen LogP contribution < -0.4 is 0 Å². The summed E-state index contributed by atoms with van der Waals surface area (Å²) in [7, 11) is 0. The number of imidazole rings is 1. The van der Waals surface area contributed by atoms with Gasteiger partial charge in [-0.05, 0) is 17.7 Å². The van der Waals surface area contributed by atoms with Crippen LogP contribution in [0.5, 0.6) is 0 Å². The summed E-state index contributed by atoms with van der Waals surface area (Å²) < 4.78 is 0. The molecule has 0 fully saturated rings. The van der Waals surface area contributed by atoms with Crippen molar-refractivity contribution in [3.8, 4) is 22.6 Å². The van der Waals surface area contributed by atoms with E-state index >= 15 is 0 Å². The number of pyridine rings is 1. The van der Waals surface area contributed by atoms with Gasteiger partial charge in [0.15, 0.2) is 5.82 Å². The molecule has 0 radical (unpaired) electrons. The number of aromatic amines is 1. The minimum atomic E-state index is -0.844. The number of benzene rings is 1. The van der Waals surface area contributed by atoms with E-state index in [2.05, 4.69) is 24.9 Å². The van der Waals surface area contributed by atoms with Gasteiger partial charge in [0.05, 0.1) is 11.9 Å². The van der Waals surface area contributed by atoms with Gasteiger partial charge in [-0.2, -0.15) is 0 Å². The molecular weight excluding hydrogens is 314 g/mol. The van der Waals surface area contributed by atoms with Crippen LogP contribution in [0.2, 0.25) is 0 Å². The van der Waals surface area contributed by atoms with Gasteiger partial charge >= 0.3 is 0 Å². The monoisotopic (exact) mass is 329 g/mol. The quantitative estimate of drug-likeness (QED) is 0.601. The van der Waals surface area contributed by atoms with E-state index in [4.69, 9.17) is 0 Å². The molecule has 25 heavy (non-hydrogen) atoms. The molecule has 1 unspecified atom stereocenters. The topological polar surface area (TPSA) is 87.6 Å². The Balaban J connectivity index is 1.58. The Hall–Kier alpha value is -3.38. The SMILES string of the molecule is OC(c1ccccc1)c1ncc(-c2cnc(-c3cccnc3)[nH]2)cn1. The molecule has 3 heterocycles. The maximum atomic E-state index is 10.4. The summed E-state index contributed by atoms with van der Waals surface area (Å²) in [6.45, 7) is 0. The third kappa shape index (κ3) is 3.15. The molecule has 6 heteroatoms. The zero-order valence-corrected chi connectivity index (χ0v) is 13.2. The summed E-state index contributed by atoms with van der Waals surface area (Å²) >= 11 is 0. The van der Waals surface area contributed by atoms with Crippen molar-refractivity contribution in [1.29, 1.82) is 0 Å². The number of rotatable bonds is 4. The average Bonchev–Trinajstić information content (AvgIpc) is 3.19. The van der Waals surface area contributed by atoms with E-state index in [-0.39, 0.29) is 0 Å². The van der Waals surface area contributed by atoms with Crippen LogP contribution in [0.1, 0.15) is 17.5 Å². The van der Waals surface area contributed by atoms with E-state index in [1.807, 2.05) is 42.5 Å². The zero-order chi connectivity index (χ0) is 17.1. The summed E-state index contributed by atoms with van der Waals surface area (Å²) in [6.07, 6.45) is 7.71. The number of H-pyrrole nitrogens is 1. The second-order valence-electron chi connectivity index (χ2n) is 5.53. The van der Waals surface area contributed by atoms with Gasteiger partial charge in [-0.1, -0.05) is 30.3 Å². The number of aliphatic hydroxyl groups excluding tert-OH is 1. The van der Waals surface area contributed by atoms with Crippen molar-refractivity contribution in [2.24, 2.45) is 0 Å². The fourth-order valence-electron chi connectivity index (χ4n) is 2.52. The minimum absolute atomic E-state index is 0.363. The van der Waals surface area contributed by atoms with E-state index in [0.29, 0.717) is 5.82 Å². The Labute approximate surface area is 144 Å². The van der Waals surface area contributed by atoms with Crippen LogP contribution in [-0.4, -0.2) is 30.0 Å². The molecule has 4 aromatic rings. The lowest BCUT2D eigenvalue weighted by Gasteiger charge is -2.09. The van der Waals surface area contributed by atoms with E-state index in [1.54, 1.807) is 31.0 Å². The Kier molecular flexibility index (Phi) is 4.02. The predicted octanol–water partition coefficient (Wildman–Crippen LogP) is 3.01. The van der Waals surface area contributed by atoms with Crippen LogP contribution in [-0.2, 0) is 0 Å². The molecule has 4 rings (SSSR count). The van der Waals surface area contributed by atoms with Crippen molar-refractivity contribution in [3.63, 3.8) is 0 Å². The van der Waals surface area contributed by atoms with Gasteiger partial charge < -0.3 is 10.1 Å². The number of hydrogen-bond donors (Lipinski definition) is 2. The van der Waals surface area contributed by atoms with Crippen LogP contribution in [0.15, 0.2) is 73.4 Å². The van der Waals surface area contributed by atoms with E-state index in [1.165, 1.54) is 0 Å². The van der Waals surface area contributed by atoms with Crippen LogP contribution in [0.3, 0.4) is 0 Å². The third-order valence-electron chi connectivity index (χ3n) is 3.85. The molecule has 1 aromatic carbocycles. The molecule has 3 aromatic heterocycles. The molecule has 2 N–H and O–H groups in total. The zero-order valence-electron chi connectivity index (χ0n) is 13.2. The second-order valence-corrected chi connectivity index (χ2v) is 5.53. The lowest BCUT2D eigenvalue weighted by molar-refractivity contribution is 0.210. The third-order valence-corrected chi connectivity index (χ3v) is 3.85. The first kappa shape index (κ1) is 15.2. The Morgan fingerprint density at radius 3 is 2.32 bits per heavy atom. The fraction of sp³-hybridized carbons (Fsp3) is 0.0526. The van der Waals surface area contributed by atoms with Crippen molar-refractivity contribution < 1.29 is 5.11 Å². The summed E-state index contributed by atoms with van der Waals surface area (Å²) in [6, 6.07) is 13.1. The first-order valence-corrected chi connectivity index (χ1v) is 7.82. The maximum Gasteiger partial charge on any atom is 0.161 e. The second kappa shape index (κ2) is 6.62. The smallest absolute Gasteiger partial charge is 0.161 e. The number of nitrogens with one attached hydrogen (secondary N) is 1. The number of nitrogens with zero attached hydrogens (tertiary/aromatic N) is 4. The molecule has 122 valence electrons. The highest BCUT2D eigenvalue weighted by atomic mass is 16.3. The Bertz CT molecular complexity index is 952. The maximum absolute atomic E-state index is 10.4. The number of aromatic nitrogens is 5. The van der Waals surface area contributed by atoms with Crippen LogP contribution in [0.4, 0.5) is 0 Å². The molecule has 0 saturated heterocycles. The standard InChI is InChI=1S/C19H15N5O/c25-17(13-5-2-1-3-6-13)19-21-10-15(11-22-19)16-12-23-18(24-16)14-7-4-8-20-9-14/h1-12,17,25H,(H,23,24). The molecule has 1 atom stereocenters. The molecule has 0 bridgehead atoms. The lowest BCUT2D eigenvalue weighted by atomic mass is 10.1. The Morgan fingerprint density at radius 2 is 1.60 bits per heavy atom. The molecular formula is C19H15N5O. The van der Waals surface area contributed by atoms with Crippen molar-refractivity contribution >= 4 is 0 Å². The summed E-state index contributed by atoms with van der Waals surface area (Å²) in [5, 5.41) is 10.4. The minimum Gasteiger partial charge on any atom is -0.380 e. The molecule has 0 aliphatic rings. The van der Waals surface area contributed by atoms with Crippen molar-refractivity contribution in [2.75, 3.05) is 0 Å². The van der Waals surface area contributed by atoms with E-state index in [0.717, 1.165) is 28.2 Å². The van der Waals surface area contributed by atoms with Gasteiger partial charge in [-0.3, -0.25) is 4.98 Å². The summed E-state index contributed by atoms with van der Waals surface area (Å²) in [5.74, 6) is 1.10. The van der Waals surface area contributed by atoms with Gasteiger partial charge in [-0.25, -0.2) is 15.0 Å². The van der Waals surface area contributed by atoms with Crippen molar-refractivity contribution in [3.05, 3.63) is 84.8 Å². The number of hydrogen-bond acceptors (Lipinski definition) is 5. The first-order chi connectivity index (χ1) is 12.3. The van der Waals surface area contributed by atoms with Crippen LogP contribution in [0, 0.1) is 0 Å². The predicted molar refractivity (Wildman–Crippen MR) is 93.3 cm³/mol. The normalized spacial score (nSPS) is 12.0. The Morgan fingerprint density at radius 1 is 0.800 bits per heavy atom. The summed E-state index contributed by atoms with van der Waals surface area (Å²) in [4.78, 5) is 20.3. The highest BCUT2D eigenvalue weighted by molar-refractivity contribution is 5.62. The van der Waals surface area contributed by atoms with Gasteiger partial charge in [-0.15, -0.1) is 0 Å². The molecule has 0 amide bonds. The molecule has 0 aliphatic heterocycles. The highest BCUT2D eigenvalue weighted by Gasteiger charge is 2.13.